The predicted molar refractivity (Wildman–Crippen MR) is 140 cm³/mol. The Balaban J connectivity index is 1.49. The van der Waals surface area contributed by atoms with Gasteiger partial charge in [0.2, 0.25) is 5.91 Å². The van der Waals surface area contributed by atoms with E-state index in [0.29, 0.717) is 23.3 Å². The maximum absolute atomic E-state index is 12.6. The Labute approximate surface area is 216 Å². The molecule has 36 heavy (non-hydrogen) atoms. The zero-order chi connectivity index (χ0) is 25.9. The molecule has 0 aliphatic heterocycles. The number of esters is 1. The first-order valence-electron chi connectivity index (χ1n) is 11.3. The molecule has 1 N–H and O–H groups in total. The molecule has 9 nitrogen and oxygen atoms in total. The molecule has 1 aliphatic carbocycles. The standard InChI is InChI=1S/C24H25N3O6S3/c1-3-12-27-16-9-5-6-10-18(16)35-24(27)26-20(29)14-36(31,32)13-19(28)25-22-21(23(30)33-4-2)15-8-7-11-17(15)34-22/h3,5-6,9-10H,1,4,7-8,11-14H2,2H3,(H,25,28). The lowest BCUT2D eigenvalue weighted by atomic mass is 10.1. The van der Waals surface area contributed by atoms with Gasteiger partial charge in [-0.2, -0.15) is 4.99 Å². The van der Waals surface area contributed by atoms with Crippen molar-refractivity contribution in [2.45, 2.75) is 32.7 Å². The van der Waals surface area contributed by atoms with E-state index in [-0.39, 0.29) is 11.6 Å². The maximum atomic E-state index is 12.6. The third-order valence-electron chi connectivity index (χ3n) is 5.47. The van der Waals surface area contributed by atoms with E-state index in [1.54, 1.807) is 17.6 Å². The highest BCUT2D eigenvalue weighted by Crippen LogP contribution is 2.39. The number of amides is 2. The van der Waals surface area contributed by atoms with E-state index < -0.39 is 39.1 Å². The average molecular weight is 548 g/mol. The van der Waals surface area contributed by atoms with Gasteiger partial charge in [-0.3, -0.25) is 9.59 Å². The van der Waals surface area contributed by atoms with Crippen LogP contribution in [0.5, 0.6) is 0 Å². The predicted octanol–water partition coefficient (Wildman–Crippen LogP) is 3.10. The summed E-state index contributed by atoms with van der Waals surface area (Å²) in [6, 6.07) is 7.49. The molecule has 3 aromatic rings. The molecule has 4 rings (SSSR count). The number of allylic oxidation sites excluding steroid dienone is 1. The normalized spacial score (nSPS) is 13.5. The molecule has 0 fully saturated rings. The molecular formula is C24H25N3O6S3. The molecule has 0 bridgehead atoms. The number of aromatic nitrogens is 1. The van der Waals surface area contributed by atoms with Crippen LogP contribution < -0.4 is 10.1 Å². The van der Waals surface area contributed by atoms with Crippen LogP contribution in [0, 0.1) is 0 Å². The molecule has 0 saturated carbocycles. The minimum absolute atomic E-state index is 0.184. The molecule has 0 radical (unpaired) electrons. The highest BCUT2D eigenvalue weighted by Gasteiger charge is 2.29. The maximum Gasteiger partial charge on any atom is 0.341 e. The van der Waals surface area contributed by atoms with Crippen molar-refractivity contribution in [1.82, 2.24) is 4.57 Å². The number of anilines is 1. The molecule has 1 aliphatic rings. The van der Waals surface area contributed by atoms with Gasteiger partial charge in [0.15, 0.2) is 14.6 Å². The summed E-state index contributed by atoms with van der Waals surface area (Å²) >= 11 is 2.52. The van der Waals surface area contributed by atoms with Gasteiger partial charge in [-0.1, -0.05) is 29.5 Å². The van der Waals surface area contributed by atoms with E-state index in [4.69, 9.17) is 4.74 Å². The minimum Gasteiger partial charge on any atom is -0.462 e. The number of nitrogens with one attached hydrogen (secondary N) is 1. The summed E-state index contributed by atoms with van der Waals surface area (Å²) in [7, 11) is -4.11. The average Bonchev–Trinajstić information content (AvgIpc) is 3.46. The summed E-state index contributed by atoms with van der Waals surface area (Å²) in [4.78, 5) is 42.9. The fraction of sp³-hybridized carbons (Fsp3) is 0.333. The largest absolute Gasteiger partial charge is 0.462 e. The number of hydrogen-bond acceptors (Lipinski definition) is 8. The fourth-order valence-electron chi connectivity index (χ4n) is 4.06. The van der Waals surface area contributed by atoms with Crippen molar-refractivity contribution >= 4 is 65.5 Å². The van der Waals surface area contributed by atoms with E-state index in [1.807, 2.05) is 24.3 Å². The third kappa shape index (κ3) is 5.66. The second kappa shape index (κ2) is 10.9. The first-order valence-corrected chi connectivity index (χ1v) is 14.8. The Morgan fingerprint density at radius 3 is 2.72 bits per heavy atom. The number of thiazole rings is 1. The zero-order valence-electron chi connectivity index (χ0n) is 19.6. The molecule has 0 unspecified atom stereocenters. The highest BCUT2D eigenvalue weighted by atomic mass is 32.2. The molecule has 0 atom stereocenters. The summed E-state index contributed by atoms with van der Waals surface area (Å²) in [5.41, 5.74) is 2.00. The summed E-state index contributed by atoms with van der Waals surface area (Å²) < 4.78 is 33.1. The van der Waals surface area contributed by atoms with Crippen LogP contribution in [0.4, 0.5) is 5.00 Å². The Bertz CT molecular complexity index is 1530. The van der Waals surface area contributed by atoms with Crippen LogP contribution in [0.3, 0.4) is 0 Å². The van der Waals surface area contributed by atoms with Gasteiger partial charge in [0.05, 0.1) is 22.4 Å². The van der Waals surface area contributed by atoms with Gasteiger partial charge in [-0.15, -0.1) is 17.9 Å². The zero-order valence-corrected chi connectivity index (χ0v) is 22.1. The smallest absolute Gasteiger partial charge is 0.341 e. The lowest BCUT2D eigenvalue weighted by Crippen LogP contribution is -2.28. The lowest BCUT2D eigenvalue weighted by Gasteiger charge is -2.08. The van der Waals surface area contributed by atoms with E-state index in [9.17, 15) is 22.8 Å². The van der Waals surface area contributed by atoms with Crippen molar-refractivity contribution in [2.75, 3.05) is 23.4 Å². The summed E-state index contributed by atoms with van der Waals surface area (Å²) in [5, 5.41) is 2.83. The van der Waals surface area contributed by atoms with Gasteiger partial charge in [0.25, 0.3) is 5.91 Å². The van der Waals surface area contributed by atoms with Gasteiger partial charge >= 0.3 is 5.97 Å². The molecule has 2 amide bonds. The van der Waals surface area contributed by atoms with Crippen molar-refractivity contribution in [3.05, 3.63) is 57.7 Å². The van der Waals surface area contributed by atoms with E-state index in [0.717, 1.165) is 33.5 Å². The molecule has 2 heterocycles. The van der Waals surface area contributed by atoms with E-state index in [2.05, 4.69) is 16.9 Å². The van der Waals surface area contributed by atoms with Crippen LogP contribution in [0.2, 0.25) is 0 Å². The van der Waals surface area contributed by atoms with E-state index >= 15 is 0 Å². The highest BCUT2D eigenvalue weighted by molar-refractivity contribution is 7.92. The van der Waals surface area contributed by atoms with Crippen LogP contribution >= 0.6 is 22.7 Å². The Morgan fingerprint density at radius 1 is 1.19 bits per heavy atom. The van der Waals surface area contributed by atoms with Gasteiger partial charge in [0.1, 0.15) is 16.5 Å². The Hall–Kier alpha value is -3.09. The molecule has 12 heteroatoms. The first kappa shape index (κ1) is 26.0. The molecule has 1 aromatic carbocycles. The second-order valence-corrected chi connectivity index (χ2v) is 12.3. The number of ether oxygens (including phenoxy) is 1. The summed E-state index contributed by atoms with van der Waals surface area (Å²) in [6.45, 7) is 6.00. The van der Waals surface area contributed by atoms with Gasteiger partial charge < -0.3 is 14.6 Å². The summed E-state index contributed by atoms with van der Waals surface area (Å²) in [5.74, 6) is -4.04. The molecule has 190 valence electrons. The topological polar surface area (TPSA) is 124 Å². The van der Waals surface area contributed by atoms with Crippen LogP contribution in [0.25, 0.3) is 10.2 Å². The van der Waals surface area contributed by atoms with Crippen molar-refractivity contribution in [2.24, 2.45) is 4.99 Å². The van der Waals surface area contributed by atoms with Crippen LogP contribution in [0.1, 0.15) is 34.1 Å². The van der Waals surface area contributed by atoms with Crippen molar-refractivity contribution < 1.29 is 27.5 Å². The van der Waals surface area contributed by atoms with E-state index in [1.165, 1.54) is 22.7 Å². The number of para-hydroxylation sites is 1. The van der Waals surface area contributed by atoms with Crippen LogP contribution in [-0.2, 0) is 43.5 Å². The SMILES string of the molecule is C=CCn1c(=NC(=O)CS(=O)(=O)CC(=O)Nc2sc3c(c2C(=O)OCC)CCC3)sc2ccccc21. The number of rotatable bonds is 9. The quantitative estimate of drug-likeness (QED) is 0.324. The number of carbonyl (C=O) groups is 3. The number of fused-ring (bicyclic) bond motifs is 2. The number of benzene rings is 1. The van der Waals surface area contributed by atoms with Crippen LogP contribution in [-0.4, -0.2) is 48.9 Å². The molecule has 2 aromatic heterocycles. The van der Waals surface area contributed by atoms with Crippen molar-refractivity contribution in [3.8, 4) is 0 Å². The lowest BCUT2D eigenvalue weighted by molar-refractivity contribution is -0.115. The number of hydrogen-bond donors (Lipinski definition) is 1. The van der Waals surface area contributed by atoms with Crippen molar-refractivity contribution in [3.63, 3.8) is 0 Å². The number of carbonyl (C=O) groups excluding carboxylic acids is 3. The first-order chi connectivity index (χ1) is 17.2. The fourth-order valence-corrected chi connectivity index (χ4v) is 7.43. The number of sulfone groups is 1. The molecule has 0 saturated heterocycles. The van der Waals surface area contributed by atoms with Crippen molar-refractivity contribution in [1.29, 1.82) is 0 Å². The van der Waals surface area contributed by atoms with Gasteiger partial charge in [-0.25, -0.2) is 13.2 Å². The van der Waals surface area contributed by atoms with Gasteiger partial charge in [-0.05, 0) is 43.9 Å². The molecular weight excluding hydrogens is 522 g/mol. The number of thiophene rings is 1. The summed E-state index contributed by atoms with van der Waals surface area (Å²) in [6.07, 6.45) is 4.07. The minimum atomic E-state index is -4.11. The second-order valence-electron chi connectivity index (χ2n) is 8.12. The Morgan fingerprint density at radius 2 is 1.97 bits per heavy atom. The number of nitrogens with zero attached hydrogens (tertiary/aromatic N) is 2. The van der Waals surface area contributed by atoms with Gasteiger partial charge in [0, 0.05) is 11.4 Å². The Kier molecular flexibility index (Phi) is 7.86. The third-order valence-corrected chi connectivity index (χ3v) is 9.12. The molecule has 0 spiro atoms. The number of aryl methyl sites for hydroxylation is 1. The van der Waals surface area contributed by atoms with Crippen LogP contribution in [0.15, 0.2) is 41.9 Å². The monoisotopic (exact) mass is 547 g/mol.